The van der Waals surface area contributed by atoms with Crippen LogP contribution in [0.1, 0.15) is 29.2 Å². The number of thioether (sulfide) groups is 1. The number of thiocarbonyl (C=S) groups is 1. The van der Waals surface area contributed by atoms with E-state index >= 15 is 4.39 Å². The standard InChI is InChI=1S/C29H28FN5O6S2.Na/c30-20-12-18-21(35(16-6-7-16)14-19(25(18)37)28(39)40)13-22(20)33-8-10-34(11-9-33)29(42)43-27-24(26(38)32-27)31-23(36)15-41-17-4-2-1-3-5-17;/h1-5,12-14,16,24,27H,6-11,15H2,(H,31,36)(H,32,38)(H,39,40);/q;+1/p-1. The SMILES string of the molecule is O=C(COc1ccccc1)NC1C(=O)NC1SC(=S)N1CCN(c2cc3c(cc2F)c(=O)c(C(=O)[O-])cn3C2CC2)CC1.[Na+]. The largest absolute Gasteiger partial charge is 1.00 e. The second-order valence-electron chi connectivity index (χ2n) is 10.6. The number of carboxylic acid groups (broad SMARTS) is 1. The summed E-state index contributed by atoms with van der Waals surface area (Å²) in [4.78, 5) is 52.6. The van der Waals surface area contributed by atoms with Crippen LogP contribution in [-0.2, 0) is 9.59 Å². The number of carbonyl (C=O) groups is 3. The molecule has 2 saturated heterocycles. The molecule has 3 aromatic rings. The number of hydrogen-bond donors (Lipinski definition) is 2. The first-order valence-electron chi connectivity index (χ1n) is 13.8. The van der Waals surface area contributed by atoms with Gasteiger partial charge in [-0.2, -0.15) is 0 Å². The zero-order valence-electron chi connectivity index (χ0n) is 23.8. The molecule has 224 valence electrons. The fourth-order valence-corrected chi connectivity index (χ4v) is 6.73. The molecule has 1 aromatic heterocycles. The molecule has 2 atom stereocenters. The van der Waals surface area contributed by atoms with Gasteiger partial charge in [0.2, 0.25) is 5.91 Å². The van der Waals surface area contributed by atoms with Gasteiger partial charge in [-0.25, -0.2) is 4.39 Å². The van der Waals surface area contributed by atoms with Crippen molar-refractivity contribution in [2.45, 2.75) is 30.3 Å². The zero-order chi connectivity index (χ0) is 30.2. The molecule has 11 nitrogen and oxygen atoms in total. The van der Waals surface area contributed by atoms with E-state index < -0.39 is 40.1 Å². The van der Waals surface area contributed by atoms with Crippen molar-refractivity contribution in [2.75, 3.05) is 37.7 Å². The number of carbonyl (C=O) groups excluding carboxylic acids is 3. The number of aromatic nitrogens is 1. The van der Waals surface area contributed by atoms with Gasteiger partial charge in [0.1, 0.15) is 27.3 Å². The maximum Gasteiger partial charge on any atom is 1.00 e. The Bertz CT molecular complexity index is 1680. The van der Waals surface area contributed by atoms with Gasteiger partial charge in [-0.05, 0) is 37.1 Å². The van der Waals surface area contributed by atoms with Gasteiger partial charge < -0.3 is 39.6 Å². The first kappa shape index (κ1) is 32.2. The fraction of sp³-hybridized carbons (Fsp3) is 0.345. The van der Waals surface area contributed by atoms with E-state index in [2.05, 4.69) is 10.6 Å². The van der Waals surface area contributed by atoms with Crippen LogP contribution in [0.25, 0.3) is 10.9 Å². The monoisotopic (exact) mass is 647 g/mol. The average Bonchev–Trinajstić information content (AvgIpc) is 3.85. The summed E-state index contributed by atoms with van der Waals surface area (Å²) in [6.45, 7) is 1.65. The van der Waals surface area contributed by atoms with Gasteiger partial charge in [-0.1, -0.05) is 42.2 Å². The third-order valence-electron chi connectivity index (χ3n) is 7.67. The van der Waals surface area contributed by atoms with Crippen LogP contribution in [0.4, 0.5) is 10.1 Å². The summed E-state index contributed by atoms with van der Waals surface area (Å²) in [5, 5.41) is 16.5. The number of rotatable bonds is 8. The van der Waals surface area contributed by atoms with E-state index in [1.807, 2.05) is 15.9 Å². The van der Waals surface area contributed by atoms with E-state index in [4.69, 9.17) is 17.0 Å². The third kappa shape index (κ3) is 6.74. The van der Waals surface area contributed by atoms with Crippen molar-refractivity contribution in [3.05, 3.63) is 70.3 Å². The normalized spacial score (nSPS) is 19.4. The Hall–Kier alpha value is -3.17. The van der Waals surface area contributed by atoms with Crippen LogP contribution in [0.3, 0.4) is 0 Å². The first-order valence-corrected chi connectivity index (χ1v) is 15.1. The molecule has 3 aliphatic rings. The Balaban J connectivity index is 0.00000384. The van der Waals surface area contributed by atoms with E-state index in [9.17, 15) is 24.3 Å². The van der Waals surface area contributed by atoms with Gasteiger partial charge in [0.25, 0.3) is 5.91 Å². The minimum atomic E-state index is -1.58. The van der Waals surface area contributed by atoms with Crippen molar-refractivity contribution >= 4 is 62.7 Å². The Morgan fingerprint density at radius 3 is 2.45 bits per heavy atom. The Kier molecular flexibility index (Phi) is 9.85. The van der Waals surface area contributed by atoms with Gasteiger partial charge in [0.15, 0.2) is 12.0 Å². The van der Waals surface area contributed by atoms with Gasteiger partial charge >= 0.3 is 29.6 Å². The molecule has 2 unspecified atom stereocenters. The molecule has 0 radical (unpaired) electrons. The topological polar surface area (TPSA) is 136 Å². The number of anilines is 1. The average molecular weight is 648 g/mol. The molecule has 1 saturated carbocycles. The van der Waals surface area contributed by atoms with Crippen LogP contribution >= 0.6 is 24.0 Å². The van der Waals surface area contributed by atoms with Gasteiger partial charge in [0, 0.05) is 43.8 Å². The van der Waals surface area contributed by atoms with Crippen molar-refractivity contribution in [3.8, 4) is 5.75 Å². The molecule has 2 aromatic carbocycles. The minimum Gasteiger partial charge on any atom is -0.545 e. The Morgan fingerprint density at radius 1 is 1.11 bits per heavy atom. The molecule has 2 amide bonds. The number of halogens is 1. The maximum atomic E-state index is 15.3. The molecule has 2 N–H and O–H groups in total. The molecule has 3 heterocycles. The second-order valence-corrected chi connectivity index (χ2v) is 12.3. The summed E-state index contributed by atoms with van der Waals surface area (Å²) < 4.78 is 23.0. The number of para-hydroxylation sites is 1. The molecule has 44 heavy (non-hydrogen) atoms. The number of β-lactam (4-membered cyclic amide) rings is 1. The van der Waals surface area contributed by atoms with Crippen LogP contribution in [-0.4, -0.2) is 75.8 Å². The second kappa shape index (κ2) is 13.4. The fourth-order valence-electron chi connectivity index (χ4n) is 5.19. The van der Waals surface area contributed by atoms with Crippen LogP contribution in [0.2, 0.25) is 0 Å². The van der Waals surface area contributed by atoms with Gasteiger partial charge in [-0.15, -0.1) is 0 Å². The molecule has 6 rings (SSSR count). The molecule has 1 aliphatic carbocycles. The smallest absolute Gasteiger partial charge is 0.545 e. The Morgan fingerprint density at radius 2 is 1.82 bits per heavy atom. The van der Waals surface area contributed by atoms with Crippen molar-refractivity contribution in [3.63, 3.8) is 0 Å². The third-order valence-corrected chi connectivity index (χ3v) is 9.32. The van der Waals surface area contributed by atoms with E-state index in [-0.39, 0.29) is 53.5 Å². The molecule has 0 spiro atoms. The van der Waals surface area contributed by atoms with Gasteiger partial charge in [-0.3, -0.25) is 14.4 Å². The van der Waals surface area contributed by atoms with E-state index in [0.29, 0.717) is 47.5 Å². The molecular formula is C29H27FN5NaO6S2. The van der Waals surface area contributed by atoms with E-state index in [0.717, 1.165) is 18.9 Å². The molecule has 15 heteroatoms. The molecule has 2 aliphatic heterocycles. The first-order chi connectivity index (χ1) is 20.7. The summed E-state index contributed by atoms with van der Waals surface area (Å²) in [7, 11) is 0. The molecular weight excluding hydrogens is 620 g/mol. The number of benzene rings is 2. The summed E-state index contributed by atoms with van der Waals surface area (Å²) in [6.07, 6.45) is 3.00. The van der Waals surface area contributed by atoms with Crippen molar-refractivity contribution in [1.29, 1.82) is 0 Å². The molecule has 0 bridgehead atoms. The number of piperazine rings is 1. The quantitative estimate of drug-likeness (QED) is 0.161. The van der Waals surface area contributed by atoms with Crippen LogP contribution < -0.4 is 60.4 Å². The number of fused-ring (bicyclic) bond motifs is 1. The maximum absolute atomic E-state index is 15.3. The number of ether oxygens (including phenoxy) is 1. The number of pyridine rings is 1. The zero-order valence-corrected chi connectivity index (χ0v) is 27.4. The number of nitrogens with one attached hydrogen (secondary N) is 2. The number of aromatic carboxylic acids is 1. The van der Waals surface area contributed by atoms with Crippen LogP contribution in [0.15, 0.2) is 53.5 Å². The number of nitrogens with zero attached hydrogens (tertiary/aromatic N) is 3. The minimum absolute atomic E-state index is 0. The van der Waals surface area contributed by atoms with Crippen molar-refractivity contribution in [2.24, 2.45) is 0 Å². The summed E-state index contributed by atoms with van der Waals surface area (Å²) >= 11 is 6.90. The van der Waals surface area contributed by atoms with E-state index in [1.54, 1.807) is 34.9 Å². The number of hydrogen-bond acceptors (Lipinski definition) is 9. The summed E-state index contributed by atoms with van der Waals surface area (Å²) in [6, 6.07) is 10.9. The number of carboxylic acids is 1. The van der Waals surface area contributed by atoms with Crippen molar-refractivity contribution in [1.82, 2.24) is 20.1 Å². The predicted molar refractivity (Wildman–Crippen MR) is 161 cm³/mol. The number of amides is 2. The van der Waals surface area contributed by atoms with Crippen LogP contribution in [0.5, 0.6) is 5.75 Å². The Labute approximate surface area is 283 Å². The predicted octanol–water partition coefficient (Wildman–Crippen LogP) is -2.00. The van der Waals surface area contributed by atoms with Crippen LogP contribution in [0, 0.1) is 5.82 Å². The molecule has 3 fully saturated rings. The van der Waals surface area contributed by atoms with Crippen molar-refractivity contribution < 1.29 is 58.2 Å². The van der Waals surface area contributed by atoms with Gasteiger partial charge in [0.05, 0.1) is 22.7 Å². The summed E-state index contributed by atoms with van der Waals surface area (Å²) in [5.74, 6) is -2.37. The van der Waals surface area contributed by atoms with E-state index in [1.165, 1.54) is 18.0 Å². The summed E-state index contributed by atoms with van der Waals surface area (Å²) in [5.41, 5.74) is -0.417.